The van der Waals surface area contributed by atoms with E-state index in [1.807, 2.05) is 35.1 Å². The van der Waals surface area contributed by atoms with E-state index in [0.29, 0.717) is 19.4 Å². The average Bonchev–Trinajstić information content (AvgIpc) is 3.60. The first kappa shape index (κ1) is 25.1. The zero-order chi connectivity index (χ0) is 26.5. The van der Waals surface area contributed by atoms with Crippen molar-refractivity contribution >= 4 is 5.91 Å². The first-order valence-electron chi connectivity index (χ1n) is 12.5. The molecule has 0 atom stereocenters. The molecule has 8 heteroatoms. The molecule has 0 bridgehead atoms. The largest absolute Gasteiger partial charge is 0.378 e. The van der Waals surface area contributed by atoms with Gasteiger partial charge in [0, 0.05) is 32.6 Å². The van der Waals surface area contributed by atoms with Crippen molar-refractivity contribution in [2.24, 2.45) is 0 Å². The van der Waals surface area contributed by atoms with E-state index in [4.69, 9.17) is 9.84 Å². The normalized spacial score (nSPS) is 11.0. The van der Waals surface area contributed by atoms with E-state index in [-0.39, 0.29) is 5.91 Å². The Morgan fingerprint density at radius 1 is 0.868 bits per heavy atom. The number of rotatable bonds is 9. The molecule has 0 unspecified atom stereocenters. The van der Waals surface area contributed by atoms with E-state index >= 15 is 0 Å². The highest BCUT2D eigenvalue weighted by atomic mass is 16.5. The molecule has 3 aromatic carbocycles. The van der Waals surface area contributed by atoms with E-state index in [1.54, 1.807) is 18.8 Å². The number of hydrogen-bond donors (Lipinski definition) is 1. The number of benzene rings is 3. The van der Waals surface area contributed by atoms with Crippen LogP contribution in [0.2, 0.25) is 0 Å². The Bertz CT molecular complexity index is 1520. The van der Waals surface area contributed by atoms with Crippen LogP contribution in [0.4, 0.5) is 0 Å². The summed E-state index contributed by atoms with van der Waals surface area (Å²) in [6.07, 6.45) is 2.79. The molecule has 5 aromatic rings. The topological polar surface area (TPSA) is 86.9 Å². The van der Waals surface area contributed by atoms with E-state index in [9.17, 15) is 4.79 Å². The van der Waals surface area contributed by atoms with Gasteiger partial charge in [-0.05, 0) is 48.4 Å². The minimum Gasteiger partial charge on any atom is -0.378 e. The van der Waals surface area contributed by atoms with E-state index in [2.05, 4.69) is 77.1 Å². The second-order valence-electron chi connectivity index (χ2n) is 9.15. The summed E-state index contributed by atoms with van der Waals surface area (Å²) in [5.74, 6) is -0.00595. The van der Waals surface area contributed by atoms with E-state index in [1.165, 1.54) is 11.1 Å². The van der Waals surface area contributed by atoms with Crippen molar-refractivity contribution in [1.82, 2.24) is 30.1 Å². The van der Waals surface area contributed by atoms with Crippen LogP contribution < -0.4 is 5.32 Å². The molecule has 2 aromatic heterocycles. The predicted octanol–water partition coefficient (Wildman–Crippen LogP) is 4.92. The zero-order valence-electron chi connectivity index (χ0n) is 21.8. The van der Waals surface area contributed by atoms with Gasteiger partial charge in [-0.15, -0.1) is 5.10 Å². The Labute approximate surface area is 221 Å². The van der Waals surface area contributed by atoms with Gasteiger partial charge in [0.1, 0.15) is 5.69 Å². The Balaban J connectivity index is 1.47. The fraction of sp³-hybridized carbons (Fsp3) is 0.200. The van der Waals surface area contributed by atoms with Crippen LogP contribution in [0.5, 0.6) is 0 Å². The van der Waals surface area contributed by atoms with Crippen LogP contribution in [0, 0.1) is 6.92 Å². The van der Waals surface area contributed by atoms with E-state index < -0.39 is 0 Å². The molecular formula is C30H30N6O2. The van der Waals surface area contributed by atoms with Crippen LogP contribution in [0.3, 0.4) is 0 Å². The lowest BCUT2D eigenvalue weighted by Gasteiger charge is -2.10. The van der Waals surface area contributed by atoms with Crippen LogP contribution in [0.15, 0.2) is 85.1 Å². The molecule has 2 heterocycles. The molecule has 0 radical (unpaired) electrons. The smallest absolute Gasteiger partial charge is 0.220 e. The zero-order valence-corrected chi connectivity index (χ0v) is 21.8. The molecular weight excluding hydrogens is 476 g/mol. The Morgan fingerprint density at radius 2 is 1.50 bits per heavy atom. The summed E-state index contributed by atoms with van der Waals surface area (Å²) in [5.41, 5.74) is 9.01. The SMILES string of the molecule is CNC(=O)CCc1cc(-c2ccc(-c3ccc(C)cc3)cc2)n(-c2ccc(-n3cc(COC)nn3)cc2)n1. The van der Waals surface area contributed by atoms with Gasteiger partial charge in [-0.3, -0.25) is 4.79 Å². The number of carbonyl (C=O) groups is 1. The van der Waals surface area contributed by atoms with Crippen molar-refractivity contribution in [2.45, 2.75) is 26.4 Å². The van der Waals surface area contributed by atoms with Gasteiger partial charge in [0.2, 0.25) is 5.91 Å². The summed E-state index contributed by atoms with van der Waals surface area (Å²) in [6.45, 7) is 2.50. The molecule has 5 rings (SSSR count). The van der Waals surface area contributed by atoms with Crippen LogP contribution in [0.1, 0.15) is 23.4 Å². The van der Waals surface area contributed by atoms with Gasteiger partial charge in [0.15, 0.2) is 0 Å². The predicted molar refractivity (Wildman–Crippen MR) is 147 cm³/mol. The highest BCUT2D eigenvalue weighted by Gasteiger charge is 2.14. The van der Waals surface area contributed by atoms with Crippen LogP contribution in [0.25, 0.3) is 33.8 Å². The van der Waals surface area contributed by atoms with Gasteiger partial charge < -0.3 is 10.1 Å². The van der Waals surface area contributed by atoms with Crippen LogP contribution in [-0.4, -0.2) is 44.8 Å². The van der Waals surface area contributed by atoms with Crippen LogP contribution in [-0.2, 0) is 22.6 Å². The van der Waals surface area contributed by atoms with Crippen molar-refractivity contribution in [3.8, 4) is 33.8 Å². The fourth-order valence-electron chi connectivity index (χ4n) is 4.29. The summed E-state index contributed by atoms with van der Waals surface area (Å²) < 4.78 is 8.79. The number of aryl methyl sites for hydroxylation is 2. The maximum Gasteiger partial charge on any atom is 0.220 e. The first-order chi connectivity index (χ1) is 18.5. The summed E-state index contributed by atoms with van der Waals surface area (Å²) in [7, 11) is 3.28. The Morgan fingerprint density at radius 3 is 2.16 bits per heavy atom. The number of aromatic nitrogens is 5. The molecule has 0 aliphatic carbocycles. The van der Waals surface area contributed by atoms with Gasteiger partial charge in [-0.2, -0.15) is 5.10 Å². The lowest BCUT2D eigenvalue weighted by Crippen LogP contribution is -2.18. The Hall–Kier alpha value is -4.56. The van der Waals surface area contributed by atoms with Gasteiger partial charge in [0.25, 0.3) is 0 Å². The van der Waals surface area contributed by atoms with Crippen molar-refractivity contribution in [3.05, 3.63) is 102 Å². The number of nitrogens with zero attached hydrogens (tertiary/aromatic N) is 5. The first-order valence-corrected chi connectivity index (χ1v) is 12.5. The maximum atomic E-state index is 11.9. The van der Waals surface area contributed by atoms with Crippen LogP contribution >= 0.6 is 0 Å². The lowest BCUT2D eigenvalue weighted by molar-refractivity contribution is -0.120. The molecule has 0 aliphatic heterocycles. The highest BCUT2D eigenvalue weighted by Crippen LogP contribution is 2.28. The van der Waals surface area contributed by atoms with Crippen molar-refractivity contribution in [1.29, 1.82) is 0 Å². The fourth-order valence-corrected chi connectivity index (χ4v) is 4.29. The molecule has 38 heavy (non-hydrogen) atoms. The third kappa shape index (κ3) is 5.55. The minimum atomic E-state index is -0.00595. The second kappa shape index (κ2) is 11.2. The molecule has 1 amide bonds. The van der Waals surface area contributed by atoms with Gasteiger partial charge in [-0.25, -0.2) is 9.36 Å². The number of nitrogens with one attached hydrogen (secondary N) is 1. The maximum absolute atomic E-state index is 11.9. The summed E-state index contributed by atoms with van der Waals surface area (Å²) in [6, 6.07) is 27.1. The minimum absolute atomic E-state index is 0.00595. The van der Waals surface area contributed by atoms with E-state index in [0.717, 1.165) is 39.6 Å². The molecule has 8 nitrogen and oxygen atoms in total. The lowest BCUT2D eigenvalue weighted by atomic mass is 10.0. The molecule has 0 saturated heterocycles. The number of ether oxygens (including phenoxy) is 1. The summed E-state index contributed by atoms with van der Waals surface area (Å²) in [4.78, 5) is 11.9. The number of methoxy groups -OCH3 is 1. The standard InChI is InChI=1S/C30H30N6O2/c1-21-4-6-22(7-5-21)23-8-10-24(11-9-23)29-18-25(12-17-30(37)31-2)33-36(29)28-15-13-27(14-16-28)35-19-26(20-38-3)32-34-35/h4-11,13-16,18-19H,12,17,20H2,1-3H3,(H,31,37). The molecule has 0 fully saturated rings. The summed E-state index contributed by atoms with van der Waals surface area (Å²) >= 11 is 0. The third-order valence-electron chi connectivity index (χ3n) is 6.40. The molecule has 0 aliphatic rings. The quantitative estimate of drug-likeness (QED) is 0.307. The van der Waals surface area contributed by atoms with Crippen molar-refractivity contribution in [3.63, 3.8) is 0 Å². The van der Waals surface area contributed by atoms with Gasteiger partial charge >= 0.3 is 0 Å². The number of amides is 1. The second-order valence-corrected chi connectivity index (χ2v) is 9.15. The molecule has 192 valence electrons. The van der Waals surface area contributed by atoms with Crippen molar-refractivity contribution in [2.75, 3.05) is 14.2 Å². The number of hydrogen-bond acceptors (Lipinski definition) is 5. The van der Waals surface area contributed by atoms with Gasteiger partial charge in [0.05, 0.1) is 35.6 Å². The average molecular weight is 507 g/mol. The summed E-state index contributed by atoms with van der Waals surface area (Å²) in [5, 5.41) is 15.9. The Kier molecular flexibility index (Phi) is 7.42. The van der Waals surface area contributed by atoms with Crippen molar-refractivity contribution < 1.29 is 9.53 Å². The molecule has 1 N–H and O–H groups in total. The highest BCUT2D eigenvalue weighted by molar-refractivity contribution is 5.76. The molecule has 0 saturated carbocycles. The number of carbonyl (C=O) groups excluding carboxylic acids is 1. The van der Waals surface area contributed by atoms with Gasteiger partial charge in [-0.1, -0.05) is 59.3 Å². The monoisotopic (exact) mass is 506 g/mol. The molecule has 0 spiro atoms. The third-order valence-corrected chi connectivity index (χ3v) is 6.40.